The van der Waals surface area contributed by atoms with Gasteiger partial charge in [0.15, 0.2) is 11.5 Å². The van der Waals surface area contributed by atoms with Gasteiger partial charge in [-0.25, -0.2) is 0 Å². The highest BCUT2D eigenvalue weighted by Crippen LogP contribution is 2.31. The Hall–Kier alpha value is -2.07. The van der Waals surface area contributed by atoms with Gasteiger partial charge in [-0.1, -0.05) is 0 Å². The van der Waals surface area contributed by atoms with Crippen molar-refractivity contribution in [3.05, 3.63) is 23.8 Å². The van der Waals surface area contributed by atoms with E-state index < -0.39 is 0 Å². The number of benzene rings is 1. The van der Waals surface area contributed by atoms with E-state index in [0.717, 1.165) is 51.6 Å². The normalized spacial score (nSPS) is 18.8. The number of rotatable bonds is 16. The van der Waals surface area contributed by atoms with Crippen LogP contribution in [0.15, 0.2) is 18.2 Å². The van der Waals surface area contributed by atoms with Gasteiger partial charge in [0.25, 0.3) is 5.91 Å². The van der Waals surface area contributed by atoms with E-state index in [9.17, 15) is 9.59 Å². The van der Waals surface area contributed by atoms with Gasteiger partial charge < -0.3 is 34.4 Å². The van der Waals surface area contributed by atoms with Crippen LogP contribution in [0.25, 0.3) is 0 Å². The zero-order chi connectivity index (χ0) is 27.5. The fourth-order valence-corrected chi connectivity index (χ4v) is 5.23. The second-order valence-corrected chi connectivity index (χ2v) is 10.6. The molecule has 1 saturated heterocycles. The number of carbonyl (C=O) groups is 2. The number of hydrogen-bond donors (Lipinski definition) is 2. The largest absolute Gasteiger partial charge is 0.493 e. The molecule has 0 spiro atoms. The van der Waals surface area contributed by atoms with Crippen LogP contribution in [0.4, 0.5) is 0 Å². The second-order valence-electron chi connectivity index (χ2n) is 10.6. The maximum Gasteiger partial charge on any atom is 0.254 e. The van der Waals surface area contributed by atoms with Gasteiger partial charge in [0.1, 0.15) is 0 Å². The van der Waals surface area contributed by atoms with Crippen molar-refractivity contribution in [1.82, 2.24) is 15.1 Å². The molecule has 1 aliphatic carbocycles. The molecule has 1 heterocycles. The molecule has 2 N–H and O–H groups in total. The summed E-state index contributed by atoms with van der Waals surface area (Å²) in [5.74, 6) is 1.32. The molecule has 1 saturated carbocycles. The van der Waals surface area contributed by atoms with Gasteiger partial charge in [-0.05, 0) is 70.6 Å². The van der Waals surface area contributed by atoms with Crippen molar-refractivity contribution in [3.8, 4) is 11.5 Å². The molecule has 2 atom stereocenters. The first-order chi connectivity index (χ1) is 18.4. The van der Waals surface area contributed by atoms with Crippen molar-refractivity contribution in [2.45, 2.75) is 89.4 Å². The number of amides is 2. The molecule has 9 nitrogen and oxygen atoms in total. The Morgan fingerprint density at radius 1 is 1.05 bits per heavy atom. The minimum Gasteiger partial charge on any atom is -0.493 e. The number of carbonyl (C=O) groups excluding carboxylic acids is 2. The van der Waals surface area contributed by atoms with Gasteiger partial charge in [0.05, 0.1) is 13.7 Å². The number of aliphatic hydroxyl groups is 1. The van der Waals surface area contributed by atoms with Crippen LogP contribution in [0.3, 0.4) is 0 Å². The lowest BCUT2D eigenvalue weighted by atomic mass is 9.95. The summed E-state index contributed by atoms with van der Waals surface area (Å²) >= 11 is 0. The highest BCUT2D eigenvalue weighted by molar-refractivity contribution is 5.95. The molecule has 1 aromatic rings. The van der Waals surface area contributed by atoms with Crippen molar-refractivity contribution in [2.75, 3.05) is 47.1 Å². The Morgan fingerprint density at radius 3 is 2.38 bits per heavy atom. The molecule has 2 aliphatic rings. The summed E-state index contributed by atoms with van der Waals surface area (Å²) in [7, 11) is 3.26. The van der Waals surface area contributed by atoms with Crippen molar-refractivity contribution in [3.63, 3.8) is 0 Å². The summed E-state index contributed by atoms with van der Waals surface area (Å²) in [6, 6.07) is 6.23. The van der Waals surface area contributed by atoms with E-state index in [4.69, 9.17) is 19.3 Å². The maximum absolute atomic E-state index is 13.7. The minimum atomic E-state index is -0.0102. The third-order valence-electron chi connectivity index (χ3n) is 7.41. The quantitative estimate of drug-likeness (QED) is 0.293. The van der Waals surface area contributed by atoms with E-state index in [-0.39, 0.29) is 42.9 Å². The molecule has 0 bridgehead atoms. The fourth-order valence-electron chi connectivity index (χ4n) is 5.23. The van der Waals surface area contributed by atoms with Crippen molar-refractivity contribution < 1.29 is 28.9 Å². The van der Waals surface area contributed by atoms with Gasteiger partial charge in [-0.3, -0.25) is 9.59 Å². The summed E-state index contributed by atoms with van der Waals surface area (Å²) in [6.45, 7) is 6.74. The van der Waals surface area contributed by atoms with Crippen LogP contribution in [-0.4, -0.2) is 98.0 Å². The first-order valence-electron chi connectivity index (χ1n) is 14.2. The zero-order valence-corrected chi connectivity index (χ0v) is 24.8. The highest BCUT2D eigenvalue weighted by Gasteiger charge is 2.34. The summed E-state index contributed by atoms with van der Waals surface area (Å²) in [5.41, 5.74) is 0.588. The summed E-state index contributed by atoms with van der Waals surface area (Å²) in [5, 5.41) is 12.7. The number of ether oxygens (including phenoxy) is 3. The van der Waals surface area contributed by atoms with E-state index in [0.29, 0.717) is 55.2 Å². The summed E-state index contributed by atoms with van der Waals surface area (Å²) in [4.78, 5) is 30.2. The van der Waals surface area contributed by atoms with Gasteiger partial charge in [0, 0.05) is 76.0 Å². The number of methoxy groups -OCH3 is 2. The standard InChI is InChI=1S/C29H47N3O6.ClH/c1-21(2)32(29(35)22-8-13-26(37-4)27(19-22)38-18-6-17-36-3)25-10-9-23(30-20-25)14-15-31(24-11-12-24)28(34)7-5-16-33;/h8,13,19,21,23-25,30,33H,5-7,9-12,14-18,20H2,1-4H3;1H/t23-,25-;/m1./s1. The van der Waals surface area contributed by atoms with Crippen LogP contribution >= 0.6 is 12.4 Å². The lowest BCUT2D eigenvalue weighted by Gasteiger charge is -2.40. The maximum atomic E-state index is 13.7. The van der Waals surface area contributed by atoms with Gasteiger partial charge in [-0.15, -0.1) is 12.4 Å². The van der Waals surface area contributed by atoms with Crippen LogP contribution in [0.1, 0.15) is 75.6 Å². The molecule has 10 heteroatoms. The Bertz CT molecular complexity index is 890. The first-order valence-corrected chi connectivity index (χ1v) is 14.2. The van der Waals surface area contributed by atoms with Gasteiger partial charge >= 0.3 is 0 Å². The average molecular weight is 570 g/mol. The van der Waals surface area contributed by atoms with E-state index in [1.807, 2.05) is 9.80 Å². The Morgan fingerprint density at radius 2 is 1.79 bits per heavy atom. The monoisotopic (exact) mass is 569 g/mol. The number of nitrogens with one attached hydrogen (secondary N) is 1. The number of halogens is 1. The molecule has 0 radical (unpaired) electrons. The molecular weight excluding hydrogens is 522 g/mol. The van der Waals surface area contributed by atoms with Crippen LogP contribution in [-0.2, 0) is 9.53 Å². The van der Waals surface area contributed by atoms with Gasteiger partial charge in [0.2, 0.25) is 5.91 Å². The molecule has 222 valence electrons. The number of nitrogens with zero attached hydrogens (tertiary/aromatic N) is 2. The van der Waals surface area contributed by atoms with Crippen LogP contribution in [0, 0.1) is 0 Å². The second kappa shape index (κ2) is 16.9. The highest BCUT2D eigenvalue weighted by atomic mass is 35.5. The average Bonchev–Trinajstić information content (AvgIpc) is 3.76. The smallest absolute Gasteiger partial charge is 0.254 e. The summed E-state index contributed by atoms with van der Waals surface area (Å²) in [6.07, 6.45) is 6.65. The fraction of sp³-hybridized carbons (Fsp3) is 0.724. The molecule has 2 fully saturated rings. The molecule has 39 heavy (non-hydrogen) atoms. The summed E-state index contributed by atoms with van der Waals surface area (Å²) < 4.78 is 16.4. The lowest BCUT2D eigenvalue weighted by molar-refractivity contribution is -0.132. The first kappa shape index (κ1) is 33.1. The van der Waals surface area contributed by atoms with Gasteiger partial charge in [-0.2, -0.15) is 0 Å². The molecular formula is C29H48ClN3O6. The molecule has 1 aromatic carbocycles. The number of piperidine rings is 1. The molecule has 2 amide bonds. The minimum absolute atomic E-state index is 0. The Kier molecular flexibility index (Phi) is 14.4. The van der Waals surface area contributed by atoms with E-state index in [1.165, 1.54) is 0 Å². The molecule has 3 rings (SSSR count). The zero-order valence-electron chi connectivity index (χ0n) is 24.0. The van der Waals surface area contributed by atoms with Crippen LogP contribution in [0.5, 0.6) is 11.5 Å². The topological polar surface area (TPSA) is 101 Å². The van der Waals surface area contributed by atoms with Crippen molar-refractivity contribution in [1.29, 1.82) is 0 Å². The van der Waals surface area contributed by atoms with E-state index in [2.05, 4.69) is 19.2 Å². The predicted octanol–water partition coefficient (Wildman–Crippen LogP) is 3.66. The SMILES string of the molecule is COCCCOc1cc(C(=O)N(C(C)C)[C@@H]2CC[C@H](CCN(C(=O)CCCO)C3CC3)NC2)ccc1OC.Cl. The molecule has 0 aromatic heterocycles. The van der Waals surface area contributed by atoms with E-state index in [1.54, 1.807) is 32.4 Å². The van der Waals surface area contributed by atoms with E-state index >= 15 is 0 Å². The van der Waals surface area contributed by atoms with Crippen LogP contribution in [0.2, 0.25) is 0 Å². The molecule has 1 aliphatic heterocycles. The third-order valence-corrected chi connectivity index (χ3v) is 7.41. The number of hydrogen-bond acceptors (Lipinski definition) is 7. The third kappa shape index (κ3) is 9.81. The lowest BCUT2D eigenvalue weighted by Crippen LogP contribution is -2.54. The van der Waals surface area contributed by atoms with Crippen LogP contribution < -0.4 is 14.8 Å². The predicted molar refractivity (Wildman–Crippen MR) is 154 cm³/mol. The van der Waals surface area contributed by atoms with Crippen molar-refractivity contribution >= 4 is 24.2 Å². The Balaban J connectivity index is 0.00000533. The number of aliphatic hydroxyl groups excluding tert-OH is 1. The van der Waals surface area contributed by atoms with Crippen molar-refractivity contribution in [2.24, 2.45) is 0 Å². The Labute approximate surface area is 239 Å². The molecule has 0 unspecified atom stereocenters.